The Bertz CT molecular complexity index is 893. The van der Waals surface area contributed by atoms with E-state index in [1.165, 1.54) is 16.6 Å². The maximum absolute atomic E-state index is 14.5. The number of hydrazone groups is 1. The first-order valence-corrected chi connectivity index (χ1v) is 11.5. The summed E-state index contributed by atoms with van der Waals surface area (Å²) in [7, 11) is 0. The number of hydrogen-bond acceptors (Lipinski definition) is 2. The maximum Gasteiger partial charge on any atom is 0.338 e. The Morgan fingerprint density at radius 1 is 1.10 bits per heavy atom. The molecule has 5 heteroatoms. The minimum atomic E-state index is -0.340. The van der Waals surface area contributed by atoms with Crippen molar-refractivity contribution >= 4 is 11.7 Å². The van der Waals surface area contributed by atoms with Gasteiger partial charge in [0.15, 0.2) is 0 Å². The number of halogens is 1. The molecule has 0 aromatic heterocycles. The highest BCUT2D eigenvalue weighted by molar-refractivity contribution is 5.94. The first-order chi connectivity index (χ1) is 15.0. The van der Waals surface area contributed by atoms with Gasteiger partial charge in [-0.15, -0.1) is 0 Å². The van der Waals surface area contributed by atoms with Crippen LogP contribution in [-0.2, 0) is 6.42 Å². The Morgan fingerprint density at radius 2 is 1.77 bits per heavy atom. The molecule has 0 fully saturated rings. The van der Waals surface area contributed by atoms with E-state index < -0.39 is 0 Å². The summed E-state index contributed by atoms with van der Waals surface area (Å²) in [6.45, 7) is 6.71. The van der Waals surface area contributed by atoms with Crippen LogP contribution in [0.4, 0.5) is 9.18 Å². The van der Waals surface area contributed by atoms with Crippen molar-refractivity contribution in [1.29, 1.82) is 0 Å². The van der Waals surface area contributed by atoms with Crippen molar-refractivity contribution in [2.24, 2.45) is 5.10 Å². The van der Waals surface area contributed by atoms with Gasteiger partial charge in [-0.1, -0.05) is 75.7 Å². The van der Waals surface area contributed by atoms with Crippen molar-refractivity contribution in [2.75, 3.05) is 6.54 Å². The van der Waals surface area contributed by atoms with Gasteiger partial charge in [-0.2, -0.15) is 5.10 Å². The second-order valence-electron chi connectivity index (χ2n) is 8.43. The molecule has 0 spiro atoms. The van der Waals surface area contributed by atoms with Crippen molar-refractivity contribution in [3.05, 3.63) is 71.5 Å². The van der Waals surface area contributed by atoms with Gasteiger partial charge in [0.05, 0.1) is 6.54 Å². The van der Waals surface area contributed by atoms with Gasteiger partial charge < -0.3 is 5.32 Å². The summed E-state index contributed by atoms with van der Waals surface area (Å²) in [5, 5.41) is 9.43. The Kier molecular flexibility index (Phi) is 7.83. The van der Waals surface area contributed by atoms with Crippen LogP contribution in [0.15, 0.2) is 59.7 Å². The molecule has 1 aliphatic heterocycles. The molecule has 4 nitrogen and oxygen atoms in total. The number of urea groups is 1. The Balaban J connectivity index is 1.79. The Labute approximate surface area is 185 Å². The van der Waals surface area contributed by atoms with Crippen molar-refractivity contribution in [3.8, 4) is 0 Å². The van der Waals surface area contributed by atoms with Crippen LogP contribution in [-0.4, -0.2) is 28.8 Å². The van der Waals surface area contributed by atoms with Gasteiger partial charge in [-0.3, -0.25) is 0 Å². The molecule has 1 atom stereocenters. The second-order valence-corrected chi connectivity index (χ2v) is 8.43. The Morgan fingerprint density at radius 3 is 2.42 bits per heavy atom. The molecule has 2 aromatic carbocycles. The molecule has 0 aliphatic carbocycles. The number of nitrogens with one attached hydrogen (secondary N) is 1. The van der Waals surface area contributed by atoms with Gasteiger partial charge in [-0.05, 0) is 49.3 Å². The molecule has 2 amide bonds. The van der Waals surface area contributed by atoms with E-state index in [2.05, 4.69) is 43.3 Å². The summed E-state index contributed by atoms with van der Waals surface area (Å²) >= 11 is 0. The molecule has 0 saturated heterocycles. The number of amides is 2. The standard InChI is InChI=1S/C26H34FN3O/c1-4-7-17-24-22(21-15-11-12-16-23(21)27)19-30(29-24)25(31)28-26(5-2,6-3)18-20-13-9-8-10-14-20/h8-16,22H,4-7,17-19H2,1-3H3,(H,28,31). The van der Waals surface area contributed by atoms with Gasteiger partial charge in [0.2, 0.25) is 0 Å². The number of hydrogen-bond donors (Lipinski definition) is 1. The normalized spacial score (nSPS) is 16.3. The Hall–Kier alpha value is -2.69. The fourth-order valence-electron chi connectivity index (χ4n) is 4.29. The summed E-state index contributed by atoms with van der Waals surface area (Å²) < 4.78 is 14.5. The predicted molar refractivity (Wildman–Crippen MR) is 125 cm³/mol. The molecular formula is C26H34FN3O. The van der Waals surface area contributed by atoms with E-state index >= 15 is 0 Å². The molecule has 3 rings (SSSR count). The largest absolute Gasteiger partial charge is 0.338 e. The number of carbonyl (C=O) groups is 1. The first kappa shape index (κ1) is 23.0. The molecule has 1 unspecified atom stereocenters. The molecule has 0 bridgehead atoms. The monoisotopic (exact) mass is 423 g/mol. The summed E-state index contributed by atoms with van der Waals surface area (Å²) in [5.41, 5.74) is 2.37. The highest BCUT2D eigenvalue weighted by atomic mass is 19.1. The third-order valence-corrected chi connectivity index (χ3v) is 6.42. The fourth-order valence-corrected chi connectivity index (χ4v) is 4.29. The van der Waals surface area contributed by atoms with E-state index in [9.17, 15) is 9.18 Å². The second kappa shape index (κ2) is 10.6. The van der Waals surface area contributed by atoms with Crippen molar-refractivity contribution in [2.45, 2.75) is 70.8 Å². The fraction of sp³-hybridized carbons (Fsp3) is 0.462. The zero-order chi connectivity index (χ0) is 22.3. The van der Waals surface area contributed by atoms with E-state index in [1.807, 2.05) is 24.3 Å². The predicted octanol–water partition coefficient (Wildman–Crippen LogP) is 6.28. The number of carbonyl (C=O) groups excluding carboxylic acids is 1. The van der Waals surface area contributed by atoms with E-state index in [-0.39, 0.29) is 23.3 Å². The van der Waals surface area contributed by atoms with Crippen LogP contribution in [0.3, 0.4) is 0 Å². The quantitative estimate of drug-likeness (QED) is 0.507. The van der Waals surface area contributed by atoms with Crippen molar-refractivity contribution in [3.63, 3.8) is 0 Å². The minimum Gasteiger partial charge on any atom is -0.331 e. The molecule has 2 aromatic rings. The van der Waals surface area contributed by atoms with Gasteiger partial charge in [0, 0.05) is 17.2 Å². The van der Waals surface area contributed by atoms with Gasteiger partial charge in [0.25, 0.3) is 0 Å². The third-order valence-electron chi connectivity index (χ3n) is 6.42. The topological polar surface area (TPSA) is 44.7 Å². The van der Waals surface area contributed by atoms with Crippen LogP contribution in [0, 0.1) is 5.82 Å². The first-order valence-electron chi connectivity index (χ1n) is 11.5. The molecule has 1 N–H and O–H groups in total. The smallest absolute Gasteiger partial charge is 0.331 e. The zero-order valence-electron chi connectivity index (χ0n) is 18.9. The van der Waals surface area contributed by atoms with Gasteiger partial charge in [0.1, 0.15) is 5.82 Å². The highest BCUT2D eigenvalue weighted by Crippen LogP contribution is 2.30. The summed E-state index contributed by atoms with van der Waals surface area (Å²) in [6, 6.07) is 16.9. The van der Waals surface area contributed by atoms with Crippen LogP contribution in [0.5, 0.6) is 0 Å². The van der Waals surface area contributed by atoms with Crippen LogP contribution in [0.25, 0.3) is 0 Å². The SMILES string of the molecule is CCCCC1=NN(C(=O)NC(CC)(CC)Cc2ccccc2)CC1c1ccccc1F. The lowest BCUT2D eigenvalue weighted by Gasteiger charge is -2.34. The van der Waals surface area contributed by atoms with Crippen molar-refractivity contribution < 1.29 is 9.18 Å². The van der Waals surface area contributed by atoms with Crippen molar-refractivity contribution in [1.82, 2.24) is 10.3 Å². The maximum atomic E-state index is 14.5. The molecule has 0 radical (unpaired) electrons. The van der Waals surface area contributed by atoms with Gasteiger partial charge >= 0.3 is 6.03 Å². The molecular weight excluding hydrogens is 389 g/mol. The number of unbranched alkanes of at least 4 members (excludes halogenated alkanes) is 1. The van der Waals surface area contributed by atoms with E-state index in [4.69, 9.17) is 0 Å². The molecule has 0 saturated carbocycles. The van der Waals surface area contributed by atoms with Gasteiger partial charge in [-0.25, -0.2) is 14.2 Å². The van der Waals surface area contributed by atoms with Crippen LogP contribution >= 0.6 is 0 Å². The molecule has 166 valence electrons. The minimum absolute atomic E-state index is 0.190. The zero-order valence-corrected chi connectivity index (χ0v) is 18.9. The average molecular weight is 424 g/mol. The molecule has 1 aliphatic rings. The summed E-state index contributed by atoms with van der Waals surface area (Å²) in [6.07, 6.45) is 5.18. The number of benzene rings is 2. The third kappa shape index (κ3) is 5.52. The van der Waals surface area contributed by atoms with E-state index in [0.717, 1.165) is 44.2 Å². The summed E-state index contributed by atoms with van der Waals surface area (Å²) in [5.74, 6) is -0.426. The molecule has 31 heavy (non-hydrogen) atoms. The van der Waals surface area contributed by atoms with Crippen LogP contribution in [0.2, 0.25) is 0 Å². The van der Waals surface area contributed by atoms with E-state index in [0.29, 0.717) is 12.1 Å². The van der Waals surface area contributed by atoms with Crippen LogP contribution < -0.4 is 5.32 Å². The number of rotatable bonds is 9. The lowest BCUT2D eigenvalue weighted by atomic mass is 9.85. The highest BCUT2D eigenvalue weighted by Gasteiger charge is 2.36. The average Bonchev–Trinajstić information content (AvgIpc) is 3.22. The van der Waals surface area contributed by atoms with Crippen LogP contribution in [0.1, 0.15) is 69.9 Å². The number of nitrogens with zero attached hydrogens (tertiary/aromatic N) is 2. The molecule has 1 heterocycles. The lowest BCUT2D eigenvalue weighted by molar-refractivity contribution is 0.183. The van der Waals surface area contributed by atoms with E-state index in [1.54, 1.807) is 12.1 Å². The summed E-state index contributed by atoms with van der Waals surface area (Å²) in [4.78, 5) is 13.3. The lowest BCUT2D eigenvalue weighted by Crippen LogP contribution is -2.52.